The van der Waals surface area contributed by atoms with Gasteiger partial charge in [0, 0.05) is 6.20 Å². The van der Waals surface area contributed by atoms with Crippen LogP contribution in [0, 0.1) is 0 Å². The SMILES string of the molecule is CSC(=S)N=NC(c1ccccc1)c1ccccn1. The van der Waals surface area contributed by atoms with Gasteiger partial charge in [-0.1, -0.05) is 48.2 Å². The van der Waals surface area contributed by atoms with Crippen molar-refractivity contribution < 1.29 is 0 Å². The number of nitrogens with zero attached hydrogens (tertiary/aromatic N) is 3. The minimum Gasteiger partial charge on any atom is -0.259 e. The van der Waals surface area contributed by atoms with Crippen molar-refractivity contribution in [3.8, 4) is 0 Å². The average molecular weight is 287 g/mol. The Bertz CT molecular complexity index is 516. The first-order valence-corrected chi connectivity index (χ1v) is 7.39. The number of azo groups is 1. The summed E-state index contributed by atoms with van der Waals surface area (Å²) in [5, 5.41) is 8.41. The van der Waals surface area contributed by atoms with E-state index in [1.807, 2.05) is 54.8 Å². The van der Waals surface area contributed by atoms with Gasteiger partial charge in [0.2, 0.25) is 0 Å². The van der Waals surface area contributed by atoms with Crippen molar-refractivity contribution in [2.45, 2.75) is 6.04 Å². The zero-order valence-corrected chi connectivity index (χ0v) is 12.1. The molecule has 5 heteroatoms. The van der Waals surface area contributed by atoms with Crippen LogP contribution >= 0.6 is 24.0 Å². The van der Waals surface area contributed by atoms with Gasteiger partial charge >= 0.3 is 0 Å². The standard InChI is InChI=1S/C14H13N3S2/c1-19-14(18)17-16-13(11-7-3-2-4-8-11)12-9-5-6-10-15-12/h2-10,13H,1H3. The molecular weight excluding hydrogens is 274 g/mol. The summed E-state index contributed by atoms with van der Waals surface area (Å²) in [6, 6.07) is 15.5. The topological polar surface area (TPSA) is 37.6 Å². The van der Waals surface area contributed by atoms with Crippen molar-refractivity contribution in [2.24, 2.45) is 10.2 Å². The summed E-state index contributed by atoms with van der Waals surface area (Å²) >= 11 is 6.46. The number of pyridine rings is 1. The first-order valence-electron chi connectivity index (χ1n) is 5.76. The molecule has 1 heterocycles. The molecule has 0 radical (unpaired) electrons. The quantitative estimate of drug-likeness (QED) is 0.625. The molecule has 0 saturated carbocycles. The fourth-order valence-corrected chi connectivity index (χ4v) is 1.79. The summed E-state index contributed by atoms with van der Waals surface area (Å²) in [6.07, 6.45) is 3.65. The van der Waals surface area contributed by atoms with Crippen LogP contribution in [0.5, 0.6) is 0 Å². The highest BCUT2D eigenvalue weighted by Gasteiger charge is 2.14. The van der Waals surface area contributed by atoms with E-state index in [1.165, 1.54) is 11.8 Å². The second kappa shape index (κ2) is 7.11. The molecule has 2 aromatic rings. The van der Waals surface area contributed by atoms with Crippen molar-refractivity contribution in [2.75, 3.05) is 6.26 Å². The van der Waals surface area contributed by atoms with E-state index in [0.717, 1.165) is 11.3 Å². The van der Waals surface area contributed by atoms with E-state index in [2.05, 4.69) is 15.2 Å². The van der Waals surface area contributed by atoms with Gasteiger partial charge in [-0.2, -0.15) is 5.11 Å². The average Bonchev–Trinajstić information content (AvgIpc) is 2.49. The van der Waals surface area contributed by atoms with Crippen molar-refractivity contribution in [1.82, 2.24) is 4.98 Å². The van der Waals surface area contributed by atoms with Gasteiger partial charge in [-0.25, -0.2) is 0 Å². The lowest BCUT2D eigenvalue weighted by molar-refractivity contribution is 0.786. The number of thiocarbonyl (C=S) groups is 1. The predicted octanol–water partition coefficient (Wildman–Crippen LogP) is 4.27. The van der Waals surface area contributed by atoms with Crippen LogP contribution in [0.1, 0.15) is 17.3 Å². The lowest BCUT2D eigenvalue weighted by atomic mass is 10.0. The number of aromatic nitrogens is 1. The van der Waals surface area contributed by atoms with E-state index < -0.39 is 0 Å². The van der Waals surface area contributed by atoms with Crippen LogP contribution in [0.3, 0.4) is 0 Å². The molecule has 0 saturated heterocycles. The van der Waals surface area contributed by atoms with Gasteiger partial charge in [0.05, 0.1) is 5.69 Å². The molecule has 96 valence electrons. The molecule has 1 unspecified atom stereocenters. The Balaban J connectivity index is 2.34. The number of hydrogen-bond donors (Lipinski definition) is 0. The van der Waals surface area contributed by atoms with E-state index >= 15 is 0 Å². The van der Waals surface area contributed by atoms with Gasteiger partial charge in [0.25, 0.3) is 0 Å². The zero-order valence-electron chi connectivity index (χ0n) is 10.4. The molecule has 1 atom stereocenters. The molecule has 19 heavy (non-hydrogen) atoms. The Hall–Kier alpha value is -1.59. The molecule has 1 aromatic heterocycles. The van der Waals surface area contributed by atoms with E-state index in [-0.39, 0.29) is 6.04 Å². The van der Waals surface area contributed by atoms with Crippen molar-refractivity contribution in [3.63, 3.8) is 0 Å². The van der Waals surface area contributed by atoms with Gasteiger partial charge in [-0.05, 0) is 36.2 Å². The highest BCUT2D eigenvalue weighted by Crippen LogP contribution is 2.24. The van der Waals surface area contributed by atoms with Gasteiger partial charge < -0.3 is 0 Å². The smallest absolute Gasteiger partial charge is 0.181 e. The lowest BCUT2D eigenvalue weighted by Gasteiger charge is -2.10. The minimum absolute atomic E-state index is 0.215. The molecule has 0 bridgehead atoms. The third-order valence-electron chi connectivity index (χ3n) is 2.51. The summed E-state index contributed by atoms with van der Waals surface area (Å²) in [4.78, 5) is 4.36. The van der Waals surface area contributed by atoms with Gasteiger partial charge in [0.15, 0.2) is 4.32 Å². The van der Waals surface area contributed by atoms with E-state index in [1.54, 1.807) is 6.20 Å². The fourth-order valence-electron chi connectivity index (χ4n) is 1.62. The number of thioether (sulfide) groups is 1. The number of benzene rings is 1. The normalized spacial score (nSPS) is 12.5. The van der Waals surface area contributed by atoms with Crippen LogP contribution in [-0.2, 0) is 0 Å². The third-order valence-corrected chi connectivity index (χ3v) is 3.53. The maximum atomic E-state index is 5.06. The summed E-state index contributed by atoms with van der Waals surface area (Å²) in [7, 11) is 0. The van der Waals surface area contributed by atoms with Gasteiger partial charge in [-0.3, -0.25) is 4.98 Å². The van der Waals surface area contributed by atoms with Crippen LogP contribution in [0.2, 0.25) is 0 Å². The first kappa shape index (κ1) is 13.8. The highest BCUT2D eigenvalue weighted by atomic mass is 32.2. The molecule has 1 aromatic carbocycles. The maximum absolute atomic E-state index is 5.06. The van der Waals surface area contributed by atoms with Crippen LogP contribution in [0.15, 0.2) is 65.0 Å². The molecule has 0 amide bonds. The van der Waals surface area contributed by atoms with E-state index in [4.69, 9.17) is 12.2 Å². The van der Waals surface area contributed by atoms with Gasteiger partial charge in [0.1, 0.15) is 6.04 Å². The summed E-state index contributed by atoms with van der Waals surface area (Å²) < 4.78 is 0.525. The lowest BCUT2D eigenvalue weighted by Crippen LogP contribution is -2.00. The molecule has 3 nitrogen and oxygen atoms in total. The van der Waals surface area contributed by atoms with Crippen molar-refractivity contribution in [1.29, 1.82) is 0 Å². The molecule has 0 spiro atoms. The summed E-state index contributed by atoms with van der Waals surface area (Å²) in [5.41, 5.74) is 1.91. The maximum Gasteiger partial charge on any atom is 0.181 e. The van der Waals surface area contributed by atoms with Crippen LogP contribution in [0.4, 0.5) is 0 Å². The van der Waals surface area contributed by atoms with Crippen molar-refractivity contribution >= 4 is 28.3 Å². The van der Waals surface area contributed by atoms with E-state index in [0.29, 0.717) is 4.32 Å². The number of hydrogen-bond acceptors (Lipinski definition) is 4. The molecule has 0 aliphatic heterocycles. The molecule has 0 fully saturated rings. The molecule has 0 aliphatic rings. The second-order valence-electron chi connectivity index (χ2n) is 3.75. The molecule has 0 aliphatic carbocycles. The summed E-state index contributed by atoms with van der Waals surface area (Å²) in [6.45, 7) is 0. The fraction of sp³-hybridized carbons (Fsp3) is 0.143. The molecular formula is C14H13N3S2. The van der Waals surface area contributed by atoms with E-state index in [9.17, 15) is 0 Å². The van der Waals surface area contributed by atoms with Crippen LogP contribution in [0.25, 0.3) is 0 Å². The Kier molecular flexibility index (Phi) is 5.18. The predicted molar refractivity (Wildman–Crippen MR) is 83.5 cm³/mol. The summed E-state index contributed by atoms with van der Waals surface area (Å²) in [5.74, 6) is 0. The van der Waals surface area contributed by atoms with Crippen molar-refractivity contribution in [3.05, 3.63) is 66.0 Å². The minimum atomic E-state index is -0.215. The highest BCUT2D eigenvalue weighted by molar-refractivity contribution is 8.22. The number of rotatable bonds is 3. The van der Waals surface area contributed by atoms with Gasteiger partial charge in [-0.15, -0.1) is 5.11 Å². The van der Waals surface area contributed by atoms with Crippen LogP contribution in [-0.4, -0.2) is 15.6 Å². The molecule has 2 rings (SSSR count). The largest absolute Gasteiger partial charge is 0.259 e. The monoisotopic (exact) mass is 287 g/mol. The molecule has 0 N–H and O–H groups in total. The zero-order chi connectivity index (χ0) is 13.5. The first-order chi connectivity index (χ1) is 9.31. The Morgan fingerprint density at radius 3 is 2.53 bits per heavy atom. The Morgan fingerprint density at radius 1 is 1.16 bits per heavy atom. The Morgan fingerprint density at radius 2 is 1.89 bits per heavy atom. The second-order valence-corrected chi connectivity index (χ2v) is 5.19. The third kappa shape index (κ3) is 3.94. The Labute approximate surface area is 122 Å². The van der Waals surface area contributed by atoms with Crippen LogP contribution < -0.4 is 0 Å².